The summed E-state index contributed by atoms with van der Waals surface area (Å²) in [6.45, 7) is 2.71. The van der Waals surface area contributed by atoms with Crippen LogP contribution in [-0.4, -0.2) is 49.5 Å². The van der Waals surface area contributed by atoms with Crippen LogP contribution in [0.2, 0.25) is 0 Å². The van der Waals surface area contributed by atoms with Gasteiger partial charge in [-0.25, -0.2) is 8.42 Å². The van der Waals surface area contributed by atoms with Gasteiger partial charge in [-0.3, -0.25) is 14.9 Å². The summed E-state index contributed by atoms with van der Waals surface area (Å²) in [6, 6.07) is 14.0. The molecule has 4 aliphatic rings. The Bertz CT molecular complexity index is 1360. The third-order valence-electron chi connectivity index (χ3n) is 8.81. The highest BCUT2D eigenvalue weighted by molar-refractivity contribution is 9.10. The number of nitrogens with one attached hydrogen (secondary N) is 2. The lowest BCUT2D eigenvalue weighted by Crippen LogP contribution is -2.54. The zero-order valence-corrected chi connectivity index (χ0v) is 23.9. The molecule has 2 N–H and O–H groups in total. The van der Waals surface area contributed by atoms with Crippen LogP contribution in [0.25, 0.3) is 0 Å². The number of amides is 2. The molecule has 2 aromatic rings. The zero-order valence-electron chi connectivity index (χ0n) is 21.5. The van der Waals surface area contributed by atoms with E-state index in [4.69, 9.17) is 0 Å². The Labute approximate surface area is 232 Å². The van der Waals surface area contributed by atoms with Crippen molar-refractivity contribution in [1.29, 1.82) is 0 Å². The second kappa shape index (κ2) is 9.75. The van der Waals surface area contributed by atoms with E-state index in [1.54, 1.807) is 18.2 Å². The molecule has 6 rings (SSSR count). The summed E-state index contributed by atoms with van der Waals surface area (Å²) in [4.78, 5) is 29.9. The van der Waals surface area contributed by atoms with Crippen LogP contribution in [0.15, 0.2) is 57.9 Å². The molecular formula is C29H34BrN3O4S. The molecular weight excluding hydrogens is 566 g/mol. The minimum absolute atomic E-state index is 0.00508. The number of carbonyl (C=O) groups excluding carboxylic acids is 2. The van der Waals surface area contributed by atoms with Crippen LogP contribution in [-0.2, 0) is 19.4 Å². The van der Waals surface area contributed by atoms with Crippen molar-refractivity contribution in [2.75, 3.05) is 12.3 Å². The molecule has 9 heteroatoms. The maximum Gasteiger partial charge on any atom is 0.243 e. The number of fused-ring (bicyclic) bond motifs is 1. The van der Waals surface area contributed by atoms with Gasteiger partial charge in [0.1, 0.15) is 6.04 Å². The standard InChI is InChI=1S/C29H34BrN3O4S/c1-18(19-5-3-2-4-6-19)31-26(20-7-8-20)28(35)33-17-29(12-13-29)16-24(33)27(34)32-23-11-14-38(36,37)25-10-9-21(30)15-22(23)25/h2-6,9-10,15,18,20,23-24,26,31H,7-8,11-14,16-17H2,1H3,(H,32,34)/t18-,23?,24+,26-/m0/s1. The van der Waals surface area contributed by atoms with E-state index >= 15 is 0 Å². The lowest BCUT2D eigenvalue weighted by atomic mass is 10.0. The predicted octanol–water partition coefficient (Wildman–Crippen LogP) is 4.29. The highest BCUT2D eigenvalue weighted by atomic mass is 79.9. The van der Waals surface area contributed by atoms with Gasteiger partial charge >= 0.3 is 0 Å². The van der Waals surface area contributed by atoms with E-state index in [1.165, 1.54) is 0 Å². The van der Waals surface area contributed by atoms with Crippen LogP contribution >= 0.6 is 15.9 Å². The molecule has 2 aliphatic heterocycles. The second-order valence-corrected chi connectivity index (χ2v) is 14.6. The van der Waals surface area contributed by atoms with Gasteiger partial charge in [0, 0.05) is 17.1 Å². The van der Waals surface area contributed by atoms with Crippen molar-refractivity contribution in [3.63, 3.8) is 0 Å². The van der Waals surface area contributed by atoms with Gasteiger partial charge in [-0.15, -0.1) is 0 Å². The maximum absolute atomic E-state index is 14.0. The Balaban J connectivity index is 1.22. The van der Waals surface area contributed by atoms with Crippen LogP contribution in [0.4, 0.5) is 0 Å². The molecule has 2 amide bonds. The van der Waals surface area contributed by atoms with E-state index in [0.29, 0.717) is 30.9 Å². The van der Waals surface area contributed by atoms with E-state index in [1.807, 2.05) is 23.1 Å². The van der Waals surface area contributed by atoms with Crippen LogP contribution in [0, 0.1) is 11.3 Å². The smallest absolute Gasteiger partial charge is 0.243 e. The fourth-order valence-corrected chi connectivity index (χ4v) is 8.20. The molecule has 0 bridgehead atoms. The molecule has 2 aliphatic carbocycles. The van der Waals surface area contributed by atoms with Crippen LogP contribution in [0.3, 0.4) is 0 Å². The number of likely N-dealkylation sites (tertiary alicyclic amines) is 1. The summed E-state index contributed by atoms with van der Waals surface area (Å²) in [5.41, 5.74) is 1.80. The first kappa shape index (κ1) is 26.0. The summed E-state index contributed by atoms with van der Waals surface area (Å²) < 4.78 is 26.1. The average molecular weight is 601 g/mol. The lowest BCUT2D eigenvalue weighted by molar-refractivity contribution is -0.141. The number of sulfone groups is 1. The monoisotopic (exact) mass is 599 g/mol. The van der Waals surface area contributed by atoms with Crippen molar-refractivity contribution in [1.82, 2.24) is 15.5 Å². The molecule has 0 aromatic heterocycles. The Morgan fingerprint density at radius 2 is 1.82 bits per heavy atom. The van der Waals surface area contributed by atoms with Crippen molar-refractivity contribution in [2.45, 2.75) is 74.5 Å². The first-order valence-electron chi connectivity index (χ1n) is 13.6. The topological polar surface area (TPSA) is 95.6 Å². The number of rotatable bonds is 7. The number of nitrogens with zero attached hydrogens (tertiary/aromatic N) is 1. The van der Waals surface area contributed by atoms with Gasteiger partial charge in [0.25, 0.3) is 0 Å². The van der Waals surface area contributed by atoms with Gasteiger partial charge in [0.15, 0.2) is 9.84 Å². The molecule has 0 radical (unpaired) electrons. The van der Waals surface area contributed by atoms with Gasteiger partial charge in [-0.1, -0.05) is 46.3 Å². The minimum Gasteiger partial charge on any atom is -0.347 e. The molecule has 7 nitrogen and oxygen atoms in total. The first-order valence-corrected chi connectivity index (χ1v) is 16.0. The van der Waals surface area contributed by atoms with E-state index < -0.39 is 21.9 Å². The Morgan fingerprint density at radius 1 is 1.08 bits per heavy atom. The normalized spacial score (nSPS) is 26.4. The number of hydrogen-bond donors (Lipinski definition) is 2. The van der Waals surface area contributed by atoms with Gasteiger partial charge in [-0.2, -0.15) is 0 Å². The van der Waals surface area contributed by atoms with Gasteiger partial charge in [-0.05, 0) is 86.1 Å². The number of hydrogen-bond acceptors (Lipinski definition) is 5. The van der Waals surface area contributed by atoms with Gasteiger partial charge in [0.05, 0.1) is 22.7 Å². The van der Waals surface area contributed by atoms with Crippen LogP contribution in [0.5, 0.6) is 0 Å². The molecule has 2 saturated carbocycles. The number of benzene rings is 2. The number of carbonyl (C=O) groups is 2. The predicted molar refractivity (Wildman–Crippen MR) is 148 cm³/mol. The van der Waals surface area contributed by atoms with Gasteiger partial charge < -0.3 is 10.2 Å². The zero-order chi connectivity index (χ0) is 26.7. The fourth-order valence-electron chi connectivity index (χ4n) is 6.22. The van der Waals surface area contributed by atoms with Crippen molar-refractivity contribution >= 4 is 37.6 Å². The third kappa shape index (κ3) is 5.05. The molecule has 202 valence electrons. The maximum atomic E-state index is 14.0. The molecule has 4 atom stereocenters. The van der Waals surface area contributed by atoms with E-state index in [9.17, 15) is 18.0 Å². The summed E-state index contributed by atoms with van der Waals surface area (Å²) in [5, 5.41) is 6.74. The summed E-state index contributed by atoms with van der Waals surface area (Å²) in [6.07, 6.45) is 5.11. The molecule has 38 heavy (non-hydrogen) atoms. The fraction of sp³-hybridized carbons (Fsp3) is 0.517. The van der Waals surface area contributed by atoms with Crippen molar-refractivity contribution in [3.8, 4) is 0 Å². The Kier molecular flexibility index (Phi) is 6.68. The average Bonchev–Trinajstić information content (AvgIpc) is 3.82. The highest BCUT2D eigenvalue weighted by Gasteiger charge is 2.56. The molecule has 1 saturated heterocycles. The van der Waals surface area contributed by atoms with Crippen molar-refractivity contribution in [2.24, 2.45) is 11.3 Å². The number of halogens is 1. The van der Waals surface area contributed by atoms with E-state index in [2.05, 4.69) is 45.6 Å². The van der Waals surface area contributed by atoms with E-state index in [0.717, 1.165) is 35.7 Å². The third-order valence-corrected chi connectivity index (χ3v) is 11.1. The quantitative estimate of drug-likeness (QED) is 0.495. The molecule has 1 spiro atoms. The van der Waals surface area contributed by atoms with Crippen LogP contribution < -0.4 is 10.6 Å². The van der Waals surface area contributed by atoms with Gasteiger partial charge in [0.2, 0.25) is 11.8 Å². The first-order chi connectivity index (χ1) is 18.2. The SMILES string of the molecule is C[C@H](N[C@H](C(=O)N1CC2(CC2)C[C@@H]1C(=O)NC1CCS(=O)(=O)c2ccc(Br)cc21)C1CC1)c1ccccc1. The second-order valence-electron chi connectivity index (χ2n) is 11.7. The summed E-state index contributed by atoms with van der Waals surface area (Å²) in [7, 11) is -3.37. The molecule has 1 unspecified atom stereocenters. The Morgan fingerprint density at radius 3 is 2.50 bits per heavy atom. The largest absolute Gasteiger partial charge is 0.347 e. The summed E-state index contributed by atoms with van der Waals surface area (Å²) in [5.74, 6) is 0.131. The lowest BCUT2D eigenvalue weighted by Gasteiger charge is -2.32. The molecule has 2 heterocycles. The molecule has 3 fully saturated rings. The summed E-state index contributed by atoms with van der Waals surface area (Å²) >= 11 is 3.44. The highest BCUT2D eigenvalue weighted by Crippen LogP contribution is 2.55. The van der Waals surface area contributed by atoms with Crippen molar-refractivity contribution < 1.29 is 18.0 Å². The van der Waals surface area contributed by atoms with E-state index in [-0.39, 0.29) is 40.0 Å². The van der Waals surface area contributed by atoms with Crippen molar-refractivity contribution in [3.05, 3.63) is 64.1 Å². The van der Waals surface area contributed by atoms with Crippen LogP contribution in [0.1, 0.15) is 68.7 Å². The Hall–Kier alpha value is -2.23. The molecule has 2 aromatic carbocycles. The minimum atomic E-state index is -3.37.